The molecule has 1 fully saturated rings. The molecule has 4 rings (SSSR count). The molecule has 1 aliphatic rings. The second-order valence-electron chi connectivity index (χ2n) is 7.90. The highest BCUT2D eigenvalue weighted by Gasteiger charge is 2.27. The van der Waals surface area contributed by atoms with Crippen molar-refractivity contribution in [2.45, 2.75) is 30.7 Å². The molecule has 2 N–H and O–H groups in total. The molecular weight excluding hydrogens is 410 g/mol. The third-order valence-corrected chi connectivity index (χ3v) is 7.56. The molecule has 0 bridgehead atoms. The first-order valence-electron chi connectivity index (χ1n) is 10.6. The van der Waals surface area contributed by atoms with Gasteiger partial charge in [-0.2, -0.15) is 4.31 Å². The van der Waals surface area contributed by atoms with Crippen molar-refractivity contribution < 1.29 is 13.2 Å². The molecule has 6 nitrogen and oxygen atoms in total. The van der Waals surface area contributed by atoms with Crippen molar-refractivity contribution >= 4 is 32.4 Å². The van der Waals surface area contributed by atoms with Gasteiger partial charge in [0.15, 0.2) is 0 Å². The van der Waals surface area contributed by atoms with Crippen LogP contribution in [-0.2, 0) is 14.8 Å². The van der Waals surface area contributed by atoms with Gasteiger partial charge in [-0.3, -0.25) is 4.79 Å². The van der Waals surface area contributed by atoms with Crippen LogP contribution >= 0.6 is 0 Å². The summed E-state index contributed by atoms with van der Waals surface area (Å²) >= 11 is 0. The number of anilines is 1. The van der Waals surface area contributed by atoms with Crippen LogP contribution in [0.5, 0.6) is 0 Å². The first-order chi connectivity index (χ1) is 14.9. The predicted octanol–water partition coefficient (Wildman–Crippen LogP) is 3.91. The van der Waals surface area contributed by atoms with Gasteiger partial charge < -0.3 is 10.6 Å². The number of amides is 1. The molecule has 1 aliphatic heterocycles. The molecule has 1 unspecified atom stereocenters. The molecule has 0 saturated carbocycles. The minimum Gasteiger partial charge on any atom is -0.325 e. The van der Waals surface area contributed by atoms with E-state index in [0.717, 1.165) is 23.8 Å². The van der Waals surface area contributed by atoms with Crippen LogP contribution in [0.1, 0.15) is 31.4 Å². The first-order valence-corrected chi connectivity index (χ1v) is 12.0. The lowest BCUT2D eigenvalue weighted by Gasteiger charge is -2.17. The zero-order valence-corrected chi connectivity index (χ0v) is 18.4. The fraction of sp³-hybridized carbons (Fsp3) is 0.292. The van der Waals surface area contributed by atoms with Crippen LogP contribution in [0.2, 0.25) is 0 Å². The molecule has 3 aromatic rings. The van der Waals surface area contributed by atoms with Crippen molar-refractivity contribution in [2.75, 3.05) is 25.0 Å². The second-order valence-corrected chi connectivity index (χ2v) is 9.83. The zero-order chi connectivity index (χ0) is 21.8. The predicted molar refractivity (Wildman–Crippen MR) is 123 cm³/mol. The van der Waals surface area contributed by atoms with Crippen molar-refractivity contribution in [3.05, 3.63) is 72.3 Å². The Morgan fingerprint density at radius 1 is 0.968 bits per heavy atom. The van der Waals surface area contributed by atoms with E-state index in [1.54, 1.807) is 18.2 Å². The highest BCUT2D eigenvalue weighted by molar-refractivity contribution is 7.89. The van der Waals surface area contributed by atoms with E-state index >= 15 is 0 Å². The summed E-state index contributed by atoms with van der Waals surface area (Å²) in [7, 11) is -3.51. The summed E-state index contributed by atoms with van der Waals surface area (Å²) in [5.74, 6) is -0.219. The smallest absolute Gasteiger partial charge is 0.243 e. The van der Waals surface area contributed by atoms with Crippen molar-refractivity contribution in [3.63, 3.8) is 0 Å². The van der Waals surface area contributed by atoms with Gasteiger partial charge in [-0.1, -0.05) is 42.5 Å². The Kier molecular flexibility index (Phi) is 6.36. The van der Waals surface area contributed by atoms with Crippen LogP contribution in [0.15, 0.2) is 71.6 Å². The summed E-state index contributed by atoms with van der Waals surface area (Å²) in [4.78, 5) is 12.7. The summed E-state index contributed by atoms with van der Waals surface area (Å²) in [5, 5.41) is 8.37. The van der Waals surface area contributed by atoms with Gasteiger partial charge in [0.1, 0.15) is 0 Å². The van der Waals surface area contributed by atoms with E-state index in [1.807, 2.05) is 19.1 Å². The molecule has 0 spiro atoms. The van der Waals surface area contributed by atoms with E-state index in [4.69, 9.17) is 0 Å². The van der Waals surface area contributed by atoms with Gasteiger partial charge >= 0.3 is 0 Å². The number of carbonyl (C=O) groups excluding carboxylic acids is 1. The molecule has 1 amide bonds. The van der Waals surface area contributed by atoms with Gasteiger partial charge in [0.25, 0.3) is 0 Å². The molecule has 3 aromatic carbocycles. The van der Waals surface area contributed by atoms with E-state index in [9.17, 15) is 13.2 Å². The Balaban J connectivity index is 1.37. The highest BCUT2D eigenvalue weighted by Crippen LogP contribution is 2.23. The van der Waals surface area contributed by atoms with Crippen molar-refractivity contribution in [3.8, 4) is 0 Å². The fourth-order valence-corrected chi connectivity index (χ4v) is 5.42. The van der Waals surface area contributed by atoms with Crippen molar-refractivity contribution in [1.82, 2.24) is 9.62 Å². The normalized spacial score (nSPS) is 15.8. The Labute approximate surface area is 183 Å². The number of benzene rings is 3. The maximum Gasteiger partial charge on any atom is 0.243 e. The number of nitrogens with zero attached hydrogens (tertiary/aromatic N) is 1. The SMILES string of the molecule is CC(NCC(=O)Nc1cccc(S(=O)(=O)N2CCCC2)c1)c1ccc2ccccc2c1. The summed E-state index contributed by atoms with van der Waals surface area (Å²) in [6.07, 6.45) is 1.77. The van der Waals surface area contributed by atoms with Gasteiger partial charge in [0.2, 0.25) is 15.9 Å². The van der Waals surface area contributed by atoms with Crippen molar-refractivity contribution in [2.24, 2.45) is 0 Å². The Morgan fingerprint density at radius 2 is 1.71 bits per heavy atom. The zero-order valence-electron chi connectivity index (χ0n) is 17.5. The Morgan fingerprint density at radius 3 is 2.48 bits per heavy atom. The van der Waals surface area contributed by atoms with Crippen LogP contribution in [-0.4, -0.2) is 38.3 Å². The van der Waals surface area contributed by atoms with Crippen molar-refractivity contribution in [1.29, 1.82) is 0 Å². The summed E-state index contributed by atoms with van der Waals surface area (Å²) in [6.45, 7) is 3.24. The lowest BCUT2D eigenvalue weighted by atomic mass is 10.0. The maximum atomic E-state index is 12.7. The third kappa shape index (κ3) is 4.95. The van der Waals surface area contributed by atoms with Gasteiger partial charge in [-0.15, -0.1) is 0 Å². The monoisotopic (exact) mass is 437 g/mol. The highest BCUT2D eigenvalue weighted by atomic mass is 32.2. The molecular formula is C24H27N3O3S. The maximum absolute atomic E-state index is 12.7. The number of carbonyl (C=O) groups is 1. The Hall–Kier alpha value is -2.74. The van der Waals surface area contributed by atoms with E-state index in [2.05, 4.69) is 41.0 Å². The minimum atomic E-state index is -3.51. The van der Waals surface area contributed by atoms with Crippen LogP contribution in [0, 0.1) is 0 Å². The number of nitrogens with one attached hydrogen (secondary N) is 2. The van der Waals surface area contributed by atoms with Crippen LogP contribution in [0.4, 0.5) is 5.69 Å². The van der Waals surface area contributed by atoms with Gasteiger partial charge in [0.05, 0.1) is 11.4 Å². The molecule has 7 heteroatoms. The molecule has 0 radical (unpaired) electrons. The average Bonchev–Trinajstić information content (AvgIpc) is 3.33. The number of sulfonamides is 1. The minimum absolute atomic E-state index is 0.00256. The lowest BCUT2D eigenvalue weighted by molar-refractivity contribution is -0.115. The van der Waals surface area contributed by atoms with Gasteiger partial charge in [0, 0.05) is 24.8 Å². The van der Waals surface area contributed by atoms with Gasteiger partial charge in [-0.25, -0.2) is 8.42 Å². The molecule has 1 saturated heterocycles. The molecule has 162 valence electrons. The molecule has 0 aliphatic carbocycles. The Bertz CT molecular complexity index is 1190. The molecule has 1 atom stereocenters. The summed E-state index contributed by atoms with van der Waals surface area (Å²) in [6, 6.07) is 20.9. The average molecular weight is 438 g/mol. The van der Waals surface area contributed by atoms with E-state index in [-0.39, 0.29) is 23.4 Å². The van der Waals surface area contributed by atoms with Crippen LogP contribution < -0.4 is 10.6 Å². The standard InChI is InChI=1S/C24H27N3O3S/c1-18(20-12-11-19-7-2-3-8-21(19)15-20)25-17-24(28)26-22-9-6-10-23(16-22)31(29,30)27-13-4-5-14-27/h2-3,6-12,15-16,18,25H,4-5,13-14,17H2,1H3,(H,26,28). The molecule has 31 heavy (non-hydrogen) atoms. The largest absolute Gasteiger partial charge is 0.325 e. The molecule has 1 heterocycles. The fourth-order valence-electron chi connectivity index (χ4n) is 3.86. The number of fused-ring (bicyclic) bond motifs is 1. The topological polar surface area (TPSA) is 78.5 Å². The number of hydrogen-bond donors (Lipinski definition) is 2. The third-order valence-electron chi connectivity index (χ3n) is 5.66. The first kappa shape index (κ1) is 21.5. The van der Waals surface area contributed by atoms with Crippen LogP contribution in [0.3, 0.4) is 0 Å². The van der Waals surface area contributed by atoms with E-state index in [1.165, 1.54) is 15.8 Å². The van der Waals surface area contributed by atoms with E-state index in [0.29, 0.717) is 18.8 Å². The summed E-state index contributed by atoms with van der Waals surface area (Å²) < 4.78 is 27.0. The summed E-state index contributed by atoms with van der Waals surface area (Å²) in [5.41, 5.74) is 1.58. The second kappa shape index (κ2) is 9.18. The van der Waals surface area contributed by atoms with Gasteiger partial charge in [-0.05, 0) is 60.4 Å². The number of rotatable bonds is 7. The lowest BCUT2D eigenvalue weighted by Crippen LogP contribution is -2.30. The quantitative estimate of drug-likeness (QED) is 0.587. The number of hydrogen-bond acceptors (Lipinski definition) is 4. The van der Waals surface area contributed by atoms with Crippen LogP contribution in [0.25, 0.3) is 10.8 Å². The molecule has 0 aromatic heterocycles. The van der Waals surface area contributed by atoms with E-state index < -0.39 is 10.0 Å².